The Morgan fingerprint density at radius 2 is 2.16 bits per heavy atom. The SMILES string of the molecule is CC(C)C[C@H]1Cn2nnc(C(=O)N3CCc4ccccc43)c2C(=O)N1. The van der Waals surface area contributed by atoms with Crippen LogP contribution in [-0.2, 0) is 13.0 Å². The molecule has 2 aliphatic heterocycles. The highest BCUT2D eigenvalue weighted by molar-refractivity contribution is 6.12. The second kappa shape index (κ2) is 5.98. The van der Waals surface area contributed by atoms with Crippen molar-refractivity contribution < 1.29 is 9.59 Å². The average molecular weight is 339 g/mol. The second-order valence-corrected chi connectivity index (χ2v) is 7.10. The van der Waals surface area contributed by atoms with E-state index in [1.54, 1.807) is 9.58 Å². The van der Waals surface area contributed by atoms with Crippen molar-refractivity contribution in [3.8, 4) is 0 Å². The highest BCUT2D eigenvalue weighted by atomic mass is 16.2. The molecule has 1 aromatic heterocycles. The van der Waals surface area contributed by atoms with Gasteiger partial charge in [0.1, 0.15) is 0 Å². The lowest BCUT2D eigenvalue weighted by Gasteiger charge is -2.26. The van der Waals surface area contributed by atoms with Crippen molar-refractivity contribution in [2.75, 3.05) is 11.4 Å². The molecule has 7 heteroatoms. The lowest BCUT2D eigenvalue weighted by molar-refractivity contribution is 0.0876. The molecular formula is C18H21N5O2. The van der Waals surface area contributed by atoms with Crippen molar-refractivity contribution in [2.45, 2.75) is 39.3 Å². The molecule has 1 aromatic carbocycles. The zero-order valence-electron chi connectivity index (χ0n) is 14.4. The Balaban J connectivity index is 1.63. The van der Waals surface area contributed by atoms with Gasteiger partial charge >= 0.3 is 0 Å². The van der Waals surface area contributed by atoms with Gasteiger partial charge in [-0.25, -0.2) is 4.68 Å². The molecule has 2 aliphatic rings. The maximum absolute atomic E-state index is 13.0. The number of para-hydroxylation sites is 1. The highest BCUT2D eigenvalue weighted by Crippen LogP contribution is 2.29. The summed E-state index contributed by atoms with van der Waals surface area (Å²) in [4.78, 5) is 27.2. The first-order valence-electron chi connectivity index (χ1n) is 8.68. The van der Waals surface area contributed by atoms with Crippen LogP contribution in [0.4, 0.5) is 5.69 Å². The third kappa shape index (κ3) is 2.69. The molecule has 0 aliphatic carbocycles. The molecule has 130 valence electrons. The number of aromatic nitrogens is 3. The zero-order valence-corrected chi connectivity index (χ0v) is 14.4. The van der Waals surface area contributed by atoms with Crippen LogP contribution in [0.25, 0.3) is 0 Å². The van der Waals surface area contributed by atoms with Gasteiger partial charge in [-0.1, -0.05) is 37.3 Å². The van der Waals surface area contributed by atoms with Gasteiger partial charge in [0.25, 0.3) is 11.8 Å². The first kappa shape index (κ1) is 15.8. The first-order valence-corrected chi connectivity index (χ1v) is 8.68. The van der Waals surface area contributed by atoms with Gasteiger partial charge in [-0.2, -0.15) is 0 Å². The van der Waals surface area contributed by atoms with Crippen LogP contribution in [0.5, 0.6) is 0 Å². The summed E-state index contributed by atoms with van der Waals surface area (Å²) in [5.41, 5.74) is 2.44. The Morgan fingerprint density at radius 3 is 2.96 bits per heavy atom. The van der Waals surface area contributed by atoms with Crippen molar-refractivity contribution in [1.29, 1.82) is 0 Å². The summed E-state index contributed by atoms with van der Waals surface area (Å²) in [6.45, 7) is 5.38. The maximum atomic E-state index is 13.0. The highest BCUT2D eigenvalue weighted by Gasteiger charge is 2.35. The number of fused-ring (bicyclic) bond motifs is 2. The summed E-state index contributed by atoms with van der Waals surface area (Å²) in [7, 11) is 0. The predicted octanol–water partition coefficient (Wildman–Crippen LogP) is 1.64. The van der Waals surface area contributed by atoms with E-state index < -0.39 is 0 Å². The minimum Gasteiger partial charge on any atom is -0.346 e. The minimum atomic E-state index is -0.266. The van der Waals surface area contributed by atoms with Crippen LogP contribution in [0, 0.1) is 5.92 Å². The van der Waals surface area contributed by atoms with Gasteiger partial charge in [0.05, 0.1) is 6.54 Å². The van der Waals surface area contributed by atoms with Gasteiger partial charge in [-0.15, -0.1) is 5.10 Å². The molecule has 4 rings (SSSR count). The van der Waals surface area contributed by atoms with Crippen molar-refractivity contribution in [3.63, 3.8) is 0 Å². The van der Waals surface area contributed by atoms with Crippen LogP contribution in [0.2, 0.25) is 0 Å². The molecule has 1 atom stereocenters. The smallest absolute Gasteiger partial charge is 0.281 e. The van der Waals surface area contributed by atoms with E-state index in [2.05, 4.69) is 29.5 Å². The number of carbonyl (C=O) groups is 2. The van der Waals surface area contributed by atoms with Crippen LogP contribution >= 0.6 is 0 Å². The van der Waals surface area contributed by atoms with Gasteiger partial charge in [0.15, 0.2) is 11.4 Å². The third-order valence-electron chi connectivity index (χ3n) is 4.77. The summed E-state index contributed by atoms with van der Waals surface area (Å²) in [6.07, 6.45) is 1.68. The van der Waals surface area contributed by atoms with Gasteiger partial charge in [-0.05, 0) is 30.4 Å². The number of nitrogens with zero attached hydrogens (tertiary/aromatic N) is 4. The van der Waals surface area contributed by atoms with E-state index >= 15 is 0 Å². The Kier molecular flexibility index (Phi) is 3.78. The molecule has 0 saturated carbocycles. The molecule has 2 amide bonds. The maximum Gasteiger partial charge on any atom is 0.281 e. The average Bonchev–Trinajstić information content (AvgIpc) is 3.17. The Morgan fingerprint density at radius 1 is 1.36 bits per heavy atom. The fraction of sp³-hybridized carbons (Fsp3) is 0.444. The number of benzene rings is 1. The molecule has 0 fully saturated rings. The van der Waals surface area contributed by atoms with Crippen molar-refractivity contribution in [2.24, 2.45) is 5.92 Å². The number of hydrogen-bond donors (Lipinski definition) is 1. The van der Waals surface area contributed by atoms with Crippen LogP contribution < -0.4 is 10.2 Å². The monoisotopic (exact) mass is 339 g/mol. The summed E-state index contributed by atoms with van der Waals surface area (Å²) < 4.78 is 1.57. The number of amides is 2. The largest absolute Gasteiger partial charge is 0.346 e. The van der Waals surface area contributed by atoms with Gasteiger partial charge < -0.3 is 10.2 Å². The number of carbonyl (C=O) groups excluding carboxylic acids is 2. The van der Waals surface area contributed by atoms with Crippen molar-refractivity contribution in [1.82, 2.24) is 20.3 Å². The van der Waals surface area contributed by atoms with E-state index in [0.717, 1.165) is 24.1 Å². The summed E-state index contributed by atoms with van der Waals surface area (Å²) in [5.74, 6) is -0.0565. The molecule has 0 unspecified atom stereocenters. The van der Waals surface area contributed by atoms with E-state index in [9.17, 15) is 9.59 Å². The Bertz CT molecular complexity index is 842. The predicted molar refractivity (Wildman–Crippen MR) is 92.6 cm³/mol. The summed E-state index contributed by atoms with van der Waals surface area (Å²) >= 11 is 0. The van der Waals surface area contributed by atoms with Gasteiger partial charge in [-0.3, -0.25) is 9.59 Å². The van der Waals surface area contributed by atoms with Crippen molar-refractivity contribution in [3.05, 3.63) is 41.2 Å². The Hall–Kier alpha value is -2.70. The molecule has 2 aromatic rings. The van der Waals surface area contributed by atoms with Crippen LogP contribution in [0.3, 0.4) is 0 Å². The number of anilines is 1. The second-order valence-electron chi connectivity index (χ2n) is 7.10. The fourth-order valence-electron chi connectivity index (χ4n) is 3.70. The van der Waals surface area contributed by atoms with E-state index in [4.69, 9.17) is 0 Å². The Labute approximate surface area is 146 Å². The van der Waals surface area contributed by atoms with E-state index in [-0.39, 0.29) is 29.2 Å². The number of rotatable bonds is 3. The van der Waals surface area contributed by atoms with Crippen LogP contribution in [-0.4, -0.2) is 39.4 Å². The molecule has 0 bridgehead atoms. The molecule has 3 heterocycles. The standard InChI is InChI=1S/C18H21N5O2/c1-11(2)9-13-10-23-16(17(24)19-13)15(20-21-23)18(25)22-8-7-12-5-3-4-6-14(12)22/h3-6,11,13H,7-10H2,1-2H3,(H,19,24)/t13-/m0/s1. The van der Waals surface area contributed by atoms with Gasteiger partial charge in [0.2, 0.25) is 0 Å². The zero-order chi connectivity index (χ0) is 17.6. The molecule has 0 radical (unpaired) electrons. The minimum absolute atomic E-state index is 0.0252. The first-order chi connectivity index (χ1) is 12.0. The lowest BCUT2D eigenvalue weighted by atomic mass is 10.0. The quantitative estimate of drug-likeness (QED) is 0.922. The molecule has 7 nitrogen and oxygen atoms in total. The van der Waals surface area contributed by atoms with Crippen LogP contribution in [0.15, 0.2) is 24.3 Å². The molecular weight excluding hydrogens is 318 g/mol. The molecule has 0 spiro atoms. The van der Waals surface area contributed by atoms with Gasteiger partial charge in [0, 0.05) is 18.3 Å². The van der Waals surface area contributed by atoms with Crippen LogP contribution in [0.1, 0.15) is 46.8 Å². The van der Waals surface area contributed by atoms with E-state index in [1.807, 2.05) is 24.3 Å². The normalized spacial score (nSPS) is 18.9. The number of nitrogens with one attached hydrogen (secondary N) is 1. The van der Waals surface area contributed by atoms with E-state index in [0.29, 0.717) is 19.0 Å². The van der Waals surface area contributed by atoms with Crippen molar-refractivity contribution >= 4 is 17.5 Å². The molecule has 1 N–H and O–H groups in total. The van der Waals surface area contributed by atoms with E-state index in [1.165, 1.54) is 0 Å². The molecule has 0 saturated heterocycles. The lowest BCUT2D eigenvalue weighted by Crippen LogP contribution is -2.46. The topological polar surface area (TPSA) is 80.1 Å². The summed E-state index contributed by atoms with van der Waals surface area (Å²) in [6, 6.07) is 7.85. The number of hydrogen-bond acceptors (Lipinski definition) is 4. The third-order valence-corrected chi connectivity index (χ3v) is 4.77. The molecule has 25 heavy (non-hydrogen) atoms. The summed E-state index contributed by atoms with van der Waals surface area (Å²) in [5, 5.41) is 11.1. The fourth-order valence-corrected chi connectivity index (χ4v) is 3.70.